The van der Waals surface area contributed by atoms with Crippen molar-refractivity contribution in [2.75, 3.05) is 6.61 Å². The van der Waals surface area contributed by atoms with E-state index in [0.717, 1.165) is 18.8 Å². The largest absolute Gasteiger partial charge is 0.466 e. The Morgan fingerprint density at radius 3 is 1.17 bits per heavy atom. The van der Waals surface area contributed by atoms with Crippen LogP contribution in [0.3, 0.4) is 0 Å². The van der Waals surface area contributed by atoms with Crippen molar-refractivity contribution in [3.05, 3.63) is 12.2 Å². The molecule has 286 valence electrons. The first-order valence-corrected chi connectivity index (χ1v) is 22.5. The summed E-state index contributed by atoms with van der Waals surface area (Å²) in [6.45, 7) is 7.63. The summed E-state index contributed by atoms with van der Waals surface area (Å²) in [4.78, 5) is 12.0. The SMILES string of the molecule is CCCCCCCCC=CCCCCCCCCCCCC(=O)OCCCCCCCCCCCCCCCCCCCCC(C)CC. The summed E-state index contributed by atoms with van der Waals surface area (Å²) in [5, 5.41) is 0. The fourth-order valence-electron chi connectivity index (χ4n) is 6.93. The quantitative estimate of drug-likeness (QED) is 0.0366. The number of hydrogen-bond acceptors (Lipinski definition) is 2. The van der Waals surface area contributed by atoms with Crippen LogP contribution in [0.25, 0.3) is 0 Å². The third-order valence-corrected chi connectivity index (χ3v) is 10.7. The Bertz CT molecular complexity index is 626. The Morgan fingerprint density at radius 1 is 0.438 bits per heavy atom. The number of hydrogen-bond donors (Lipinski definition) is 0. The topological polar surface area (TPSA) is 26.3 Å². The summed E-state index contributed by atoms with van der Waals surface area (Å²) >= 11 is 0. The molecule has 0 fully saturated rings. The summed E-state index contributed by atoms with van der Waals surface area (Å²) in [7, 11) is 0. The minimum Gasteiger partial charge on any atom is -0.466 e. The predicted molar refractivity (Wildman–Crippen MR) is 216 cm³/mol. The second kappa shape index (κ2) is 42.4. The summed E-state index contributed by atoms with van der Waals surface area (Å²) < 4.78 is 5.48. The van der Waals surface area contributed by atoms with Crippen molar-refractivity contribution in [1.29, 1.82) is 0 Å². The second-order valence-corrected chi connectivity index (χ2v) is 15.6. The molecule has 0 aliphatic heterocycles. The average molecular weight is 675 g/mol. The van der Waals surface area contributed by atoms with Gasteiger partial charge in [-0.15, -0.1) is 0 Å². The van der Waals surface area contributed by atoms with Crippen LogP contribution >= 0.6 is 0 Å². The fraction of sp³-hybridized carbons (Fsp3) is 0.935. The molecule has 0 spiro atoms. The smallest absolute Gasteiger partial charge is 0.305 e. The van der Waals surface area contributed by atoms with Crippen molar-refractivity contribution >= 4 is 5.97 Å². The first-order chi connectivity index (χ1) is 23.7. The maximum Gasteiger partial charge on any atom is 0.305 e. The lowest BCUT2D eigenvalue weighted by Gasteiger charge is -2.07. The Labute approximate surface area is 304 Å². The molecule has 0 saturated heterocycles. The van der Waals surface area contributed by atoms with Gasteiger partial charge in [0.05, 0.1) is 6.61 Å². The van der Waals surface area contributed by atoms with Crippen LogP contribution < -0.4 is 0 Å². The van der Waals surface area contributed by atoms with Gasteiger partial charge in [-0.3, -0.25) is 4.79 Å². The molecule has 1 atom stereocenters. The Hall–Kier alpha value is -0.790. The molecule has 0 aromatic rings. The zero-order valence-electron chi connectivity index (χ0n) is 33.6. The van der Waals surface area contributed by atoms with Gasteiger partial charge in [0.2, 0.25) is 0 Å². The van der Waals surface area contributed by atoms with E-state index in [-0.39, 0.29) is 5.97 Å². The highest BCUT2D eigenvalue weighted by Gasteiger charge is 2.03. The van der Waals surface area contributed by atoms with E-state index in [2.05, 4.69) is 32.9 Å². The number of ether oxygens (including phenoxy) is 1. The van der Waals surface area contributed by atoms with Crippen LogP contribution in [0.4, 0.5) is 0 Å². The molecule has 0 aromatic heterocycles. The molecule has 2 heteroatoms. The van der Waals surface area contributed by atoms with E-state index in [1.165, 1.54) is 225 Å². The van der Waals surface area contributed by atoms with Crippen LogP contribution in [0.2, 0.25) is 0 Å². The molecule has 0 N–H and O–H groups in total. The average Bonchev–Trinajstić information content (AvgIpc) is 3.09. The molecule has 1 unspecified atom stereocenters. The lowest BCUT2D eigenvalue weighted by atomic mass is 9.99. The monoisotopic (exact) mass is 675 g/mol. The van der Waals surface area contributed by atoms with Crippen molar-refractivity contribution < 1.29 is 9.53 Å². The molecule has 48 heavy (non-hydrogen) atoms. The highest BCUT2D eigenvalue weighted by Crippen LogP contribution is 2.17. The molecule has 0 radical (unpaired) electrons. The van der Waals surface area contributed by atoms with E-state index in [1.54, 1.807) is 0 Å². The number of carbonyl (C=O) groups excluding carboxylic acids is 1. The summed E-state index contributed by atoms with van der Waals surface area (Å²) in [6.07, 6.45) is 55.9. The summed E-state index contributed by atoms with van der Waals surface area (Å²) in [5.41, 5.74) is 0. The first-order valence-electron chi connectivity index (χ1n) is 22.5. The van der Waals surface area contributed by atoms with Gasteiger partial charge in [0.15, 0.2) is 0 Å². The van der Waals surface area contributed by atoms with Crippen molar-refractivity contribution in [2.24, 2.45) is 5.92 Å². The van der Waals surface area contributed by atoms with E-state index in [9.17, 15) is 4.79 Å². The van der Waals surface area contributed by atoms with Gasteiger partial charge in [-0.2, -0.15) is 0 Å². The third kappa shape index (κ3) is 41.4. The highest BCUT2D eigenvalue weighted by molar-refractivity contribution is 5.69. The normalized spacial score (nSPS) is 12.3. The van der Waals surface area contributed by atoms with Gasteiger partial charge in [0.25, 0.3) is 0 Å². The summed E-state index contributed by atoms with van der Waals surface area (Å²) in [6, 6.07) is 0. The van der Waals surface area contributed by atoms with Gasteiger partial charge in [0.1, 0.15) is 0 Å². The Kier molecular flexibility index (Phi) is 41.7. The molecule has 0 aromatic carbocycles. The van der Waals surface area contributed by atoms with E-state index >= 15 is 0 Å². The molecule has 0 amide bonds. The number of carbonyl (C=O) groups is 1. The van der Waals surface area contributed by atoms with Crippen LogP contribution in [-0.2, 0) is 9.53 Å². The molecule has 0 saturated carbocycles. The van der Waals surface area contributed by atoms with Crippen LogP contribution in [0.5, 0.6) is 0 Å². The van der Waals surface area contributed by atoms with Crippen molar-refractivity contribution in [3.8, 4) is 0 Å². The van der Waals surface area contributed by atoms with Crippen molar-refractivity contribution in [3.63, 3.8) is 0 Å². The van der Waals surface area contributed by atoms with E-state index in [1.807, 2.05) is 0 Å². The molecule has 0 bridgehead atoms. The number of esters is 1. The Morgan fingerprint density at radius 2 is 0.771 bits per heavy atom. The highest BCUT2D eigenvalue weighted by atomic mass is 16.5. The zero-order valence-corrected chi connectivity index (χ0v) is 33.6. The van der Waals surface area contributed by atoms with Gasteiger partial charge >= 0.3 is 5.97 Å². The van der Waals surface area contributed by atoms with Gasteiger partial charge in [-0.05, 0) is 44.4 Å². The maximum atomic E-state index is 12.0. The lowest BCUT2D eigenvalue weighted by molar-refractivity contribution is -0.143. The zero-order chi connectivity index (χ0) is 34.9. The third-order valence-electron chi connectivity index (χ3n) is 10.7. The molecule has 0 heterocycles. The fourth-order valence-corrected chi connectivity index (χ4v) is 6.93. The maximum absolute atomic E-state index is 12.0. The molecular formula is C46H90O2. The van der Waals surface area contributed by atoms with Crippen LogP contribution in [0, 0.1) is 5.92 Å². The van der Waals surface area contributed by atoms with Crippen molar-refractivity contribution in [1.82, 2.24) is 0 Å². The van der Waals surface area contributed by atoms with E-state index in [0.29, 0.717) is 13.0 Å². The van der Waals surface area contributed by atoms with Crippen LogP contribution in [0.1, 0.15) is 265 Å². The molecule has 0 aliphatic carbocycles. The van der Waals surface area contributed by atoms with Crippen molar-refractivity contribution in [2.45, 2.75) is 265 Å². The standard InChI is InChI=1S/C46H90O2/c1-4-6-7-8-9-10-11-12-13-14-15-19-22-25-28-31-34-37-40-43-46(47)48-44-41-38-35-32-29-26-23-20-17-16-18-21-24-27-30-33-36-39-42-45(3)5-2/h12-13,45H,4-11,14-44H2,1-3H3. The minimum absolute atomic E-state index is 0.0268. The minimum atomic E-state index is 0.0268. The van der Waals surface area contributed by atoms with Gasteiger partial charge in [-0.1, -0.05) is 232 Å². The molecule has 0 aliphatic rings. The number of rotatable bonds is 41. The second-order valence-electron chi connectivity index (χ2n) is 15.6. The molecule has 0 rings (SSSR count). The number of unbranched alkanes of at least 4 members (excludes halogenated alkanes) is 32. The van der Waals surface area contributed by atoms with E-state index in [4.69, 9.17) is 4.74 Å². The Balaban J connectivity index is 3.18. The first kappa shape index (κ1) is 47.2. The predicted octanol–water partition coefficient (Wildman–Crippen LogP) is 16.6. The molecule has 2 nitrogen and oxygen atoms in total. The van der Waals surface area contributed by atoms with Gasteiger partial charge < -0.3 is 4.74 Å². The van der Waals surface area contributed by atoms with E-state index < -0.39 is 0 Å². The van der Waals surface area contributed by atoms with Gasteiger partial charge in [0, 0.05) is 6.42 Å². The van der Waals surface area contributed by atoms with Gasteiger partial charge in [-0.25, -0.2) is 0 Å². The van der Waals surface area contributed by atoms with Crippen LogP contribution in [0.15, 0.2) is 12.2 Å². The number of allylic oxidation sites excluding steroid dienone is 2. The lowest BCUT2D eigenvalue weighted by Crippen LogP contribution is -2.05. The summed E-state index contributed by atoms with van der Waals surface area (Å²) in [5.74, 6) is 0.959. The van der Waals surface area contributed by atoms with Crippen LogP contribution in [-0.4, -0.2) is 12.6 Å². The molecular weight excluding hydrogens is 585 g/mol.